The molecular weight excluding hydrogens is 210 g/mol. The van der Waals surface area contributed by atoms with E-state index in [1.165, 1.54) is 0 Å². The van der Waals surface area contributed by atoms with Crippen molar-refractivity contribution in [3.8, 4) is 0 Å². The number of rotatable bonds is 4. The van der Waals surface area contributed by atoms with Crippen LogP contribution in [0.1, 0.15) is 17.4 Å². The second-order valence-corrected chi connectivity index (χ2v) is 4.18. The number of pyridine rings is 1. The molecule has 0 aliphatic carbocycles. The van der Waals surface area contributed by atoms with Gasteiger partial charge in [0.1, 0.15) is 0 Å². The first-order chi connectivity index (χ1) is 7.15. The normalized spacial score (nSPS) is 12.1. The molecule has 1 amide bonds. The van der Waals surface area contributed by atoms with E-state index >= 15 is 0 Å². The Morgan fingerprint density at radius 1 is 1.73 bits per heavy atom. The topological polar surface area (TPSA) is 68.0 Å². The van der Waals surface area contributed by atoms with Crippen LogP contribution in [0.25, 0.3) is 0 Å². The maximum Gasteiger partial charge on any atom is 0.272 e. The molecule has 0 saturated carbocycles. The second kappa shape index (κ2) is 5.60. The minimum absolute atomic E-state index is 0.119. The molecule has 0 bridgehead atoms. The van der Waals surface area contributed by atoms with Gasteiger partial charge in [-0.1, -0.05) is 0 Å². The summed E-state index contributed by atoms with van der Waals surface area (Å²) < 4.78 is 0. The number of anilines is 1. The minimum Gasteiger partial charge on any atom is -0.397 e. The van der Waals surface area contributed by atoms with Crippen LogP contribution >= 0.6 is 11.8 Å². The highest BCUT2D eigenvalue weighted by atomic mass is 32.2. The summed E-state index contributed by atoms with van der Waals surface area (Å²) in [5, 5.41) is 2.84. The Kier molecular flexibility index (Phi) is 4.42. The average Bonchev–Trinajstić information content (AvgIpc) is 2.18. The van der Waals surface area contributed by atoms with E-state index in [-0.39, 0.29) is 11.9 Å². The third-order valence-corrected chi connectivity index (χ3v) is 2.68. The third-order valence-electron chi connectivity index (χ3n) is 1.85. The Morgan fingerprint density at radius 3 is 3.07 bits per heavy atom. The summed E-state index contributed by atoms with van der Waals surface area (Å²) in [7, 11) is 0. The highest BCUT2D eigenvalue weighted by Crippen LogP contribution is 2.07. The summed E-state index contributed by atoms with van der Waals surface area (Å²) in [6.07, 6.45) is 3.56. The molecule has 0 radical (unpaired) electrons. The summed E-state index contributed by atoms with van der Waals surface area (Å²) in [6.45, 7) is 1.95. The van der Waals surface area contributed by atoms with Crippen LogP contribution in [0.3, 0.4) is 0 Å². The summed E-state index contributed by atoms with van der Waals surface area (Å²) in [4.78, 5) is 15.6. The Balaban J connectivity index is 2.65. The monoisotopic (exact) mass is 225 g/mol. The number of nitrogens with zero attached hydrogens (tertiary/aromatic N) is 1. The van der Waals surface area contributed by atoms with Crippen molar-refractivity contribution in [3.05, 3.63) is 24.0 Å². The summed E-state index contributed by atoms with van der Waals surface area (Å²) in [5.41, 5.74) is 6.35. The Morgan fingerprint density at radius 2 is 2.47 bits per heavy atom. The molecule has 1 rings (SSSR count). The van der Waals surface area contributed by atoms with Crippen molar-refractivity contribution in [2.24, 2.45) is 0 Å². The first-order valence-corrected chi connectivity index (χ1v) is 6.04. The Hall–Kier alpha value is -1.23. The maximum absolute atomic E-state index is 11.7. The van der Waals surface area contributed by atoms with Gasteiger partial charge < -0.3 is 11.1 Å². The lowest BCUT2D eigenvalue weighted by Crippen LogP contribution is -2.35. The van der Waals surface area contributed by atoms with Gasteiger partial charge in [-0.3, -0.25) is 4.79 Å². The lowest BCUT2D eigenvalue weighted by Gasteiger charge is -2.12. The summed E-state index contributed by atoms with van der Waals surface area (Å²) in [5.74, 6) is 0.660. The Bertz CT molecular complexity index is 343. The van der Waals surface area contributed by atoms with E-state index in [4.69, 9.17) is 5.73 Å². The minimum atomic E-state index is -0.213. The Labute approximate surface area is 93.7 Å². The zero-order valence-corrected chi connectivity index (χ0v) is 9.67. The fourth-order valence-electron chi connectivity index (χ4n) is 1.19. The molecule has 3 N–H and O–H groups in total. The van der Waals surface area contributed by atoms with Gasteiger partial charge >= 0.3 is 0 Å². The highest BCUT2D eigenvalue weighted by Gasteiger charge is 2.12. The second-order valence-electron chi connectivity index (χ2n) is 3.27. The maximum atomic E-state index is 11.7. The van der Waals surface area contributed by atoms with Crippen LogP contribution in [0.5, 0.6) is 0 Å². The van der Waals surface area contributed by atoms with Crippen molar-refractivity contribution in [3.63, 3.8) is 0 Å². The molecule has 1 heterocycles. The standard InChI is InChI=1S/C10H15N3OS/c1-7(6-15-2)13-10(14)9-8(11)4-3-5-12-9/h3-5,7H,6,11H2,1-2H3,(H,13,14). The third kappa shape index (κ3) is 3.43. The van der Waals surface area contributed by atoms with E-state index in [1.807, 2.05) is 13.2 Å². The van der Waals surface area contributed by atoms with Gasteiger partial charge in [-0.15, -0.1) is 0 Å². The number of nitrogens with one attached hydrogen (secondary N) is 1. The van der Waals surface area contributed by atoms with E-state index in [1.54, 1.807) is 30.1 Å². The molecular formula is C10H15N3OS. The van der Waals surface area contributed by atoms with Crippen molar-refractivity contribution in [1.29, 1.82) is 0 Å². The summed E-state index contributed by atoms with van der Waals surface area (Å²) >= 11 is 1.68. The van der Waals surface area contributed by atoms with E-state index in [0.29, 0.717) is 11.4 Å². The molecule has 1 aromatic rings. The number of hydrogen-bond acceptors (Lipinski definition) is 4. The van der Waals surface area contributed by atoms with Gasteiger partial charge in [0.2, 0.25) is 0 Å². The fraction of sp³-hybridized carbons (Fsp3) is 0.400. The molecule has 1 atom stereocenters. The molecule has 4 nitrogen and oxygen atoms in total. The predicted octanol–water partition coefficient (Wildman–Crippen LogP) is 1.15. The average molecular weight is 225 g/mol. The number of aromatic nitrogens is 1. The number of nitrogens with two attached hydrogens (primary N) is 1. The molecule has 0 aliphatic rings. The zero-order valence-electron chi connectivity index (χ0n) is 8.86. The predicted molar refractivity (Wildman–Crippen MR) is 64.0 cm³/mol. The van der Waals surface area contributed by atoms with Crippen LogP contribution in [0.15, 0.2) is 18.3 Å². The lowest BCUT2D eigenvalue weighted by atomic mass is 10.2. The van der Waals surface area contributed by atoms with Crippen LogP contribution in [0.4, 0.5) is 5.69 Å². The van der Waals surface area contributed by atoms with Crippen molar-refractivity contribution >= 4 is 23.4 Å². The zero-order chi connectivity index (χ0) is 11.3. The van der Waals surface area contributed by atoms with Crippen molar-refractivity contribution in [2.75, 3.05) is 17.7 Å². The molecule has 0 aromatic carbocycles. The number of hydrogen-bond donors (Lipinski definition) is 2. The van der Waals surface area contributed by atoms with Crippen LogP contribution < -0.4 is 11.1 Å². The molecule has 0 aliphatic heterocycles. The van der Waals surface area contributed by atoms with Crippen molar-refractivity contribution in [1.82, 2.24) is 10.3 Å². The molecule has 1 unspecified atom stereocenters. The summed E-state index contributed by atoms with van der Waals surface area (Å²) in [6, 6.07) is 3.49. The first-order valence-electron chi connectivity index (χ1n) is 4.65. The number of carbonyl (C=O) groups excluding carboxylic acids is 1. The molecule has 5 heteroatoms. The largest absolute Gasteiger partial charge is 0.397 e. The lowest BCUT2D eigenvalue weighted by molar-refractivity contribution is 0.0940. The van der Waals surface area contributed by atoms with Crippen LogP contribution in [0, 0.1) is 0 Å². The quantitative estimate of drug-likeness (QED) is 0.806. The van der Waals surface area contributed by atoms with Gasteiger partial charge in [-0.05, 0) is 25.3 Å². The van der Waals surface area contributed by atoms with E-state index < -0.39 is 0 Å². The van der Waals surface area contributed by atoms with E-state index in [9.17, 15) is 4.79 Å². The number of carbonyl (C=O) groups is 1. The fourth-order valence-corrected chi connectivity index (χ4v) is 1.77. The number of amides is 1. The van der Waals surface area contributed by atoms with Gasteiger partial charge in [0.15, 0.2) is 5.69 Å². The van der Waals surface area contributed by atoms with E-state index in [0.717, 1.165) is 5.75 Å². The van der Waals surface area contributed by atoms with Crippen molar-refractivity contribution < 1.29 is 4.79 Å². The molecule has 0 saturated heterocycles. The van der Waals surface area contributed by atoms with E-state index in [2.05, 4.69) is 10.3 Å². The van der Waals surface area contributed by atoms with Gasteiger partial charge in [0.25, 0.3) is 5.91 Å². The van der Waals surface area contributed by atoms with Crippen molar-refractivity contribution in [2.45, 2.75) is 13.0 Å². The molecule has 0 spiro atoms. The van der Waals surface area contributed by atoms with Crippen LogP contribution in [-0.2, 0) is 0 Å². The molecule has 15 heavy (non-hydrogen) atoms. The SMILES string of the molecule is CSCC(C)NC(=O)c1ncccc1N. The van der Waals surface area contributed by atoms with Crippen LogP contribution in [0.2, 0.25) is 0 Å². The molecule has 0 fully saturated rings. The van der Waals surface area contributed by atoms with Gasteiger partial charge in [-0.25, -0.2) is 4.98 Å². The van der Waals surface area contributed by atoms with Gasteiger partial charge in [0, 0.05) is 18.0 Å². The van der Waals surface area contributed by atoms with Gasteiger partial charge in [0.05, 0.1) is 5.69 Å². The number of thioether (sulfide) groups is 1. The highest BCUT2D eigenvalue weighted by molar-refractivity contribution is 7.98. The smallest absolute Gasteiger partial charge is 0.272 e. The molecule has 82 valence electrons. The first kappa shape index (κ1) is 11.8. The van der Waals surface area contributed by atoms with Crippen LogP contribution in [-0.4, -0.2) is 28.9 Å². The number of nitrogen functional groups attached to an aromatic ring is 1. The molecule has 1 aromatic heterocycles. The van der Waals surface area contributed by atoms with Gasteiger partial charge in [-0.2, -0.15) is 11.8 Å².